The fraction of sp³-hybridized carbons (Fsp3) is 0.200. The van der Waals surface area contributed by atoms with E-state index in [1.807, 2.05) is 18.3 Å². The number of halogens is 2. The van der Waals surface area contributed by atoms with Crippen LogP contribution in [0.1, 0.15) is 10.4 Å². The Hall–Kier alpha value is -0.300. The molecule has 2 aromatic rings. The Morgan fingerprint density at radius 2 is 2.19 bits per heavy atom. The Morgan fingerprint density at radius 1 is 1.31 bits per heavy atom. The van der Waals surface area contributed by atoms with Crippen LogP contribution < -0.4 is 5.32 Å². The summed E-state index contributed by atoms with van der Waals surface area (Å²) in [6.07, 6.45) is 3.59. The van der Waals surface area contributed by atoms with Gasteiger partial charge in [0, 0.05) is 19.3 Å². The zero-order valence-corrected chi connectivity index (χ0v) is 12.3. The minimum atomic E-state index is 0.790. The van der Waals surface area contributed by atoms with Gasteiger partial charge in [-0.15, -0.1) is 0 Å². The van der Waals surface area contributed by atoms with E-state index in [1.54, 1.807) is 6.20 Å². The topological polar surface area (TPSA) is 37.8 Å². The van der Waals surface area contributed by atoms with Crippen molar-refractivity contribution in [1.29, 1.82) is 0 Å². The van der Waals surface area contributed by atoms with Crippen LogP contribution >= 0.6 is 43.4 Å². The molecule has 0 aliphatic rings. The molecule has 0 fully saturated rings. The van der Waals surface area contributed by atoms with Crippen molar-refractivity contribution < 1.29 is 0 Å². The first-order valence-corrected chi connectivity index (χ1v) is 7.02. The van der Waals surface area contributed by atoms with Crippen LogP contribution in [0.4, 0.5) is 0 Å². The third-order valence-electron chi connectivity index (χ3n) is 2.03. The molecule has 0 amide bonds. The Morgan fingerprint density at radius 3 is 2.88 bits per heavy atom. The average Bonchev–Trinajstić information content (AvgIpc) is 2.67. The lowest BCUT2D eigenvalue weighted by molar-refractivity contribution is 0.695. The van der Waals surface area contributed by atoms with Crippen molar-refractivity contribution in [3.63, 3.8) is 0 Å². The van der Waals surface area contributed by atoms with Crippen molar-refractivity contribution in [3.05, 3.63) is 44.0 Å². The normalized spacial score (nSPS) is 10.6. The van der Waals surface area contributed by atoms with Crippen molar-refractivity contribution in [1.82, 2.24) is 14.7 Å². The zero-order chi connectivity index (χ0) is 11.4. The molecular weight excluding hydrogens is 354 g/mol. The van der Waals surface area contributed by atoms with E-state index < -0.39 is 0 Å². The first kappa shape index (κ1) is 12.2. The van der Waals surface area contributed by atoms with E-state index in [4.69, 9.17) is 0 Å². The summed E-state index contributed by atoms with van der Waals surface area (Å²) in [5, 5.41) is 3.36. The van der Waals surface area contributed by atoms with E-state index in [2.05, 4.69) is 46.5 Å². The maximum atomic E-state index is 4.17. The largest absolute Gasteiger partial charge is 0.308 e. The average molecular weight is 363 g/mol. The minimum absolute atomic E-state index is 0.790. The van der Waals surface area contributed by atoms with Crippen LogP contribution in [0.2, 0.25) is 0 Å². The highest BCUT2D eigenvalue weighted by Crippen LogP contribution is 2.19. The molecule has 0 radical (unpaired) electrons. The lowest BCUT2D eigenvalue weighted by Gasteiger charge is -2.04. The van der Waals surface area contributed by atoms with Crippen LogP contribution in [0.3, 0.4) is 0 Å². The molecule has 0 aromatic carbocycles. The number of nitrogens with one attached hydrogen (secondary N) is 1. The molecule has 1 N–H and O–H groups in total. The first-order chi connectivity index (χ1) is 7.77. The van der Waals surface area contributed by atoms with Crippen molar-refractivity contribution in [2.75, 3.05) is 0 Å². The van der Waals surface area contributed by atoms with E-state index in [0.717, 1.165) is 27.7 Å². The standard InChI is InChI=1S/C10H9Br2N3S/c11-8-5-15-16-9(8)6-13-4-7-2-1-3-14-10(7)12/h1-3,5,13H,4,6H2. The fourth-order valence-corrected chi connectivity index (χ4v) is 2.81. The van der Waals surface area contributed by atoms with Gasteiger partial charge < -0.3 is 5.32 Å². The predicted octanol–water partition coefficient (Wildman–Crippen LogP) is 3.35. The molecule has 0 spiro atoms. The van der Waals surface area contributed by atoms with Crippen LogP contribution in [0.5, 0.6) is 0 Å². The molecule has 6 heteroatoms. The van der Waals surface area contributed by atoms with Crippen molar-refractivity contribution >= 4 is 43.4 Å². The van der Waals surface area contributed by atoms with Gasteiger partial charge in [0.05, 0.1) is 15.5 Å². The molecule has 2 aromatic heterocycles. The third kappa shape index (κ3) is 3.10. The Balaban J connectivity index is 1.89. The van der Waals surface area contributed by atoms with E-state index in [9.17, 15) is 0 Å². The molecule has 0 saturated carbocycles. The SMILES string of the molecule is Brc1cnsc1CNCc1cccnc1Br. The molecule has 2 heterocycles. The van der Waals surface area contributed by atoms with Gasteiger partial charge in [0.2, 0.25) is 0 Å². The second-order valence-electron chi connectivity index (χ2n) is 3.15. The highest BCUT2D eigenvalue weighted by atomic mass is 79.9. The fourth-order valence-electron chi connectivity index (χ4n) is 1.23. The van der Waals surface area contributed by atoms with Gasteiger partial charge in [0.15, 0.2) is 0 Å². The molecule has 0 saturated heterocycles. The molecule has 0 aliphatic carbocycles. The molecule has 0 bridgehead atoms. The highest BCUT2D eigenvalue weighted by molar-refractivity contribution is 9.10. The number of rotatable bonds is 4. The Bertz CT molecular complexity index is 473. The molecule has 0 aliphatic heterocycles. The summed E-state index contributed by atoms with van der Waals surface area (Å²) in [5.41, 5.74) is 1.16. The van der Waals surface area contributed by atoms with Gasteiger partial charge in [-0.25, -0.2) is 4.98 Å². The Kier molecular flexibility index (Phi) is 4.45. The summed E-state index contributed by atoms with van der Waals surface area (Å²) < 4.78 is 6.06. The van der Waals surface area contributed by atoms with Gasteiger partial charge in [-0.3, -0.25) is 0 Å². The van der Waals surface area contributed by atoms with Crippen LogP contribution in [0.15, 0.2) is 33.6 Å². The van der Waals surface area contributed by atoms with Crippen molar-refractivity contribution in [2.45, 2.75) is 13.1 Å². The third-order valence-corrected chi connectivity index (χ3v) is 4.49. The maximum absolute atomic E-state index is 4.17. The molecule has 0 unspecified atom stereocenters. The molecule has 84 valence electrons. The van der Waals surface area contributed by atoms with Crippen LogP contribution in [-0.4, -0.2) is 9.36 Å². The summed E-state index contributed by atoms with van der Waals surface area (Å²) in [6.45, 7) is 1.60. The monoisotopic (exact) mass is 361 g/mol. The number of aromatic nitrogens is 2. The smallest absolute Gasteiger partial charge is 0.110 e. The minimum Gasteiger partial charge on any atom is -0.308 e. The van der Waals surface area contributed by atoms with Gasteiger partial charge >= 0.3 is 0 Å². The lowest BCUT2D eigenvalue weighted by atomic mass is 10.3. The number of hydrogen-bond acceptors (Lipinski definition) is 4. The molecule has 3 nitrogen and oxygen atoms in total. The number of pyridine rings is 1. The van der Waals surface area contributed by atoms with E-state index >= 15 is 0 Å². The lowest BCUT2D eigenvalue weighted by Crippen LogP contribution is -2.12. The second-order valence-corrected chi connectivity index (χ2v) is 5.65. The van der Waals surface area contributed by atoms with Gasteiger partial charge in [-0.2, -0.15) is 4.37 Å². The van der Waals surface area contributed by atoms with Crippen molar-refractivity contribution in [2.24, 2.45) is 0 Å². The first-order valence-electron chi connectivity index (χ1n) is 4.66. The van der Waals surface area contributed by atoms with Gasteiger partial charge in [-0.1, -0.05) is 6.07 Å². The summed E-state index contributed by atoms with van der Waals surface area (Å²) in [7, 11) is 0. The second kappa shape index (κ2) is 5.86. The quantitative estimate of drug-likeness (QED) is 0.847. The van der Waals surface area contributed by atoms with Crippen LogP contribution in [0, 0.1) is 0 Å². The summed E-state index contributed by atoms with van der Waals surface area (Å²) in [5.74, 6) is 0. The number of hydrogen-bond donors (Lipinski definition) is 1. The highest BCUT2D eigenvalue weighted by Gasteiger charge is 2.03. The number of nitrogens with zero attached hydrogens (tertiary/aromatic N) is 2. The molecule has 16 heavy (non-hydrogen) atoms. The summed E-state index contributed by atoms with van der Waals surface area (Å²) >= 11 is 8.38. The van der Waals surface area contributed by atoms with Gasteiger partial charge in [0.25, 0.3) is 0 Å². The van der Waals surface area contributed by atoms with E-state index in [0.29, 0.717) is 0 Å². The molecule has 0 atom stereocenters. The van der Waals surface area contributed by atoms with Crippen LogP contribution in [-0.2, 0) is 13.1 Å². The molecule has 2 rings (SSSR count). The summed E-state index contributed by atoms with van der Waals surface area (Å²) in [4.78, 5) is 5.38. The maximum Gasteiger partial charge on any atom is 0.110 e. The zero-order valence-electron chi connectivity index (χ0n) is 8.28. The van der Waals surface area contributed by atoms with E-state index in [-0.39, 0.29) is 0 Å². The van der Waals surface area contributed by atoms with Gasteiger partial charge in [0.1, 0.15) is 4.60 Å². The molecular formula is C10H9Br2N3S. The van der Waals surface area contributed by atoms with Crippen molar-refractivity contribution in [3.8, 4) is 0 Å². The summed E-state index contributed by atoms with van der Waals surface area (Å²) in [6, 6.07) is 3.98. The predicted molar refractivity (Wildman–Crippen MR) is 72.3 cm³/mol. The Labute approximate surface area is 115 Å². The van der Waals surface area contributed by atoms with Crippen LogP contribution in [0.25, 0.3) is 0 Å². The van der Waals surface area contributed by atoms with Gasteiger partial charge in [-0.05, 0) is 55.0 Å². The van der Waals surface area contributed by atoms with E-state index in [1.165, 1.54) is 16.4 Å².